The molecular weight excluding hydrogens is 326 g/mol. The van der Waals surface area contributed by atoms with E-state index in [2.05, 4.69) is 15.6 Å². The Labute approximate surface area is 145 Å². The van der Waals surface area contributed by atoms with Gasteiger partial charge in [-0.2, -0.15) is 0 Å². The van der Waals surface area contributed by atoms with Crippen LogP contribution in [-0.2, 0) is 4.79 Å². The monoisotopic (exact) mass is 347 g/mol. The highest BCUT2D eigenvalue weighted by Gasteiger charge is 2.14. The third-order valence-electron chi connectivity index (χ3n) is 3.24. The van der Waals surface area contributed by atoms with Crippen molar-refractivity contribution in [2.45, 2.75) is 26.9 Å². The van der Waals surface area contributed by atoms with Crippen LogP contribution in [0, 0.1) is 6.92 Å². The highest BCUT2D eigenvalue weighted by molar-refractivity contribution is 7.13. The van der Waals surface area contributed by atoms with Crippen molar-refractivity contribution in [3.63, 3.8) is 0 Å². The molecule has 24 heavy (non-hydrogen) atoms. The molecule has 1 aromatic carbocycles. The zero-order valence-electron chi connectivity index (χ0n) is 14.0. The zero-order valence-corrected chi connectivity index (χ0v) is 14.8. The second kappa shape index (κ2) is 8.44. The Kier molecular flexibility index (Phi) is 6.31. The first-order valence-electron chi connectivity index (χ1n) is 7.67. The van der Waals surface area contributed by atoms with Crippen molar-refractivity contribution in [1.82, 2.24) is 10.3 Å². The van der Waals surface area contributed by atoms with E-state index in [0.29, 0.717) is 24.4 Å². The van der Waals surface area contributed by atoms with Gasteiger partial charge in [-0.1, -0.05) is 12.1 Å². The minimum absolute atomic E-state index is 0.0407. The molecule has 0 aliphatic carbocycles. The van der Waals surface area contributed by atoms with Gasteiger partial charge in [0, 0.05) is 24.0 Å². The van der Waals surface area contributed by atoms with Gasteiger partial charge in [-0.05, 0) is 32.9 Å². The van der Waals surface area contributed by atoms with Crippen LogP contribution < -0.4 is 15.4 Å². The highest BCUT2D eigenvalue weighted by atomic mass is 32.1. The molecule has 1 unspecified atom stereocenters. The number of aryl methyl sites for hydroxylation is 1. The lowest BCUT2D eigenvalue weighted by Gasteiger charge is -2.15. The van der Waals surface area contributed by atoms with Crippen molar-refractivity contribution in [1.29, 1.82) is 0 Å². The Bertz CT molecular complexity index is 715. The molecule has 1 heterocycles. The van der Waals surface area contributed by atoms with Gasteiger partial charge in [-0.25, -0.2) is 4.98 Å². The summed E-state index contributed by atoms with van der Waals surface area (Å²) in [5, 5.41) is 8.75. The number of hydrogen-bond acceptors (Lipinski definition) is 6. The van der Waals surface area contributed by atoms with Crippen molar-refractivity contribution in [3.05, 3.63) is 40.9 Å². The van der Waals surface area contributed by atoms with E-state index in [1.54, 1.807) is 31.2 Å². The summed E-state index contributed by atoms with van der Waals surface area (Å²) in [5.74, 6) is 0.253. The summed E-state index contributed by atoms with van der Waals surface area (Å²) in [5.41, 5.74) is 1.53. The molecule has 2 N–H and O–H groups in total. The van der Waals surface area contributed by atoms with Crippen LogP contribution in [0.5, 0.6) is 5.75 Å². The first-order valence-corrected chi connectivity index (χ1v) is 8.55. The number of anilines is 1. The first-order chi connectivity index (χ1) is 11.5. The van der Waals surface area contributed by atoms with Crippen molar-refractivity contribution in [3.8, 4) is 5.75 Å². The van der Waals surface area contributed by atoms with Crippen molar-refractivity contribution >= 4 is 28.2 Å². The van der Waals surface area contributed by atoms with Crippen molar-refractivity contribution < 1.29 is 14.3 Å². The number of ether oxygens (including phenoxy) is 1. The molecule has 128 valence electrons. The molecule has 0 saturated carbocycles. The largest absolute Gasteiger partial charge is 0.481 e. The maximum absolute atomic E-state index is 12.0. The van der Waals surface area contributed by atoms with Crippen LogP contribution in [-0.4, -0.2) is 35.9 Å². The fourth-order valence-electron chi connectivity index (χ4n) is 1.98. The Morgan fingerprint density at radius 3 is 2.79 bits per heavy atom. The predicted molar refractivity (Wildman–Crippen MR) is 94.9 cm³/mol. The summed E-state index contributed by atoms with van der Waals surface area (Å²) >= 11 is 1.53. The highest BCUT2D eigenvalue weighted by Crippen LogP contribution is 2.15. The topological polar surface area (TPSA) is 80.3 Å². The van der Waals surface area contributed by atoms with Gasteiger partial charge in [-0.3, -0.25) is 9.59 Å². The standard InChI is InChI=1S/C17H21N3O3S/c1-11-10-24-17(20-11)19-8-7-18-16(22)13(3)23-15-6-4-5-14(9-15)12(2)21/h4-6,9-10,13H,7-8H2,1-3H3,(H,18,22)(H,19,20). The number of nitrogens with zero attached hydrogens (tertiary/aromatic N) is 1. The van der Waals surface area contributed by atoms with Crippen LogP contribution in [0.3, 0.4) is 0 Å². The molecule has 1 aromatic heterocycles. The van der Waals surface area contributed by atoms with E-state index in [4.69, 9.17) is 4.74 Å². The first kappa shape index (κ1) is 17.9. The minimum Gasteiger partial charge on any atom is -0.481 e. The van der Waals surface area contributed by atoms with Gasteiger partial charge in [0.2, 0.25) is 0 Å². The van der Waals surface area contributed by atoms with Gasteiger partial charge in [-0.15, -0.1) is 11.3 Å². The van der Waals surface area contributed by atoms with Gasteiger partial charge in [0.15, 0.2) is 17.0 Å². The predicted octanol–water partition coefficient (Wildman–Crippen LogP) is 2.65. The van der Waals surface area contributed by atoms with Crippen LogP contribution in [0.2, 0.25) is 0 Å². The van der Waals surface area contributed by atoms with Crippen LogP contribution in [0.15, 0.2) is 29.6 Å². The molecule has 6 nitrogen and oxygen atoms in total. The number of carbonyl (C=O) groups excluding carboxylic acids is 2. The number of rotatable bonds is 8. The number of nitrogens with one attached hydrogen (secondary N) is 2. The van der Waals surface area contributed by atoms with Crippen LogP contribution in [0.4, 0.5) is 5.13 Å². The van der Waals surface area contributed by atoms with Gasteiger partial charge < -0.3 is 15.4 Å². The molecule has 0 radical (unpaired) electrons. The van der Waals surface area contributed by atoms with E-state index < -0.39 is 6.10 Å². The zero-order chi connectivity index (χ0) is 17.5. The number of Topliss-reactive ketones (excluding diaryl/α,β-unsaturated/α-hetero) is 1. The number of thiazole rings is 1. The number of amides is 1. The summed E-state index contributed by atoms with van der Waals surface area (Å²) in [6, 6.07) is 6.81. The maximum atomic E-state index is 12.0. The smallest absolute Gasteiger partial charge is 0.260 e. The van der Waals surface area contributed by atoms with E-state index in [9.17, 15) is 9.59 Å². The molecule has 0 aliphatic rings. The molecule has 0 saturated heterocycles. The summed E-state index contributed by atoms with van der Waals surface area (Å²) in [4.78, 5) is 27.7. The second-order valence-corrected chi connectivity index (χ2v) is 6.21. The SMILES string of the molecule is CC(=O)c1cccc(OC(C)C(=O)NCCNc2nc(C)cs2)c1. The van der Waals surface area contributed by atoms with Crippen LogP contribution >= 0.6 is 11.3 Å². The van der Waals surface area contributed by atoms with Crippen molar-refractivity contribution in [2.75, 3.05) is 18.4 Å². The van der Waals surface area contributed by atoms with Gasteiger partial charge in [0.1, 0.15) is 5.75 Å². The lowest BCUT2D eigenvalue weighted by molar-refractivity contribution is -0.127. The van der Waals surface area contributed by atoms with Gasteiger partial charge >= 0.3 is 0 Å². The second-order valence-electron chi connectivity index (χ2n) is 5.36. The third kappa shape index (κ3) is 5.34. The molecule has 0 fully saturated rings. The Morgan fingerprint density at radius 2 is 2.12 bits per heavy atom. The molecule has 0 aliphatic heterocycles. The molecule has 1 amide bonds. The molecule has 7 heteroatoms. The summed E-state index contributed by atoms with van der Waals surface area (Å²) < 4.78 is 5.59. The summed E-state index contributed by atoms with van der Waals surface area (Å²) in [7, 11) is 0. The molecule has 1 atom stereocenters. The number of carbonyl (C=O) groups is 2. The molecule has 2 rings (SSSR count). The number of benzene rings is 1. The van der Waals surface area contributed by atoms with E-state index in [1.807, 2.05) is 12.3 Å². The Balaban J connectivity index is 1.75. The fraction of sp³-hybridized carbons (Fsp3) is 0.353. The molecular formula is C17H21N3O3S. The molecule has 2 aromatic rings. The summed E-state index contributed by atoms with van der Waals surface area (Å²) in [6.07, 6.45) is -0.644. The minimum atomic E-state index is -0.644. The van der Waals surface area contributed by atoms with E-state index in [-0.39, 0.29) is 11.7 Å². The van der Waals surface area contributed by atoms with Gasteiger partial charge in [0.25, 0.3) is 5.91 Å². The Morgan fingerprint density at radius 1 is 1.33 bits per heavy atom. The normalized spacial score (nSPS) is 11.6. The fourth-order valence-corrected chi connectivity index (χ4v) is 2.70. The average molecular weight is 347 g/mol. The number of aromatic nitrogens is 1. The molecule has 0 bridgehead atoms. The Hall–Kier alpha value is -2.41. The van der Waals surface area contributed by atoms with Gasteiger partial charge in [0.05, 0.1) is 5.69 Å². The van der Waals surface area contributed by atoms with Crippen LogP contribution in [0.1, 0.15) is 29.9 Å². The summed E-state index contributed by atoms with van der Waals surface area (Å²) in [6.45, 7) is 6.16. The average Bonchev–Trinajstić information content (AvgIpc) is 2.97. The number of hydrogen-bond donors (Lipinski definition) is 2. The van der Waals surface area contributed by atoms with Crippen LogP contribution in [0.25, 0.3) is 0 Å². The molecule has 0 spiro atoms. The third-order valence-corrected chi connectivity index (χ3v) is 4.16. The number of ketones is 1. The van der Waals surface area contributed by atoms with E-state index in [1.165, 1.54) is 18.3 Å². The van der Waals surface area contributed by atoms with E-state index >= 15 is 0 Å². The maximum Gasteiger partial charge on any atom is 0.260 e. The van der Waals surface area contributed by atoms with E-state index in [0.717, 1.165) is 10.8 Å². The van der Waals surface area contributed by atoms with Crippen molar-refractivity contribution in [2.24, 2.45) is 0 Å². The lowest BCUT2D eigenvalue weighted by atomic mass is 10.1. The quantitative estimate of drug-likeness (QED) is 0.567. The lowest BCUT2D eigenvalue weighted by Crippen LogP contribution is -2.38.